The van der Waals surface area contributed by atoms with Crippen LogP contribution in [0.5, 0.6) is 0 Å². The summed E-state index contributed by atoms with van der Waals surface area (Å²) in [4.78, 5) is 2.20. The Bertz CT molecular complexity index is 465. The van der Waals surface area contributed by atoms with Gasteiger partial charge in [0, 0.05) is 16.3 Å². The van der Waals surface area contributed by atoms with Crippen LogP contribution in [0.3, 0.4) is 0 Å². The third kappa shape index (κ3) is 3.11. The van der Waals surface area contributed by atoms with Crippen LogP contribution in [0.4, 0.5) is 0 Å². The highest BCUT2D eigenvalue weighted by atomic mass is 35.5. The molecule has 2 aromatic rings. The Kier molecular flexibility index (Phi) is 5.06. The number of benzene rings is 1. The number of likely N-dealkylation sites (N-methyl/N-ethyl adjacent to an activating group) is 1. The summed E-state index contributed by atoms with van der Waals surface area (Å²) in [5, 5.41) is 4.38. The zero-order valence-corrected chi connectivity index (χ0v) is 11.8. The van der Waals surface area contributed by atoms with Crippen LogP contribution in [0.1, 0.15) is 5.56 Å². The molecule has 0 bridgehead atoms. The van der Waals surface area contributed by atoms with Crippen LogP contribution in [0.15, 0.2) is 23.6 Å². The molecule has 0 amide bonds. The molecular weight excluding hydrogens is 261 g/mol. The van der Waals surface area contributed by atoms with Gasteiger partial charge >= 0.3 is 0 Å². The van der Waals surface area contributed by atoms with Gasteiger partial charge in [0.15, 0.2) is 0 Å². The summed E-state index contributed by atoms with van der Waals surface area (Å²) < 4.78 is 1.33. The summed E-state index contributed by atoms with van der Waals surface area (Å²) >= 11 is 7.80. The number of halogens is 2. The van der Waals surface area contributed by atoms with Crippen molar-refractivity contribution in [1.29, 1.82) is 0 Å². The largest absolute Gasteiger partial charge is 0.309 e. The van der Waals surface area contributed by atoms with Crippen molar-refractivity contribution in [3.8, 4) is 0 Å². The molecule has 1 nitrogen and oxygen atoms in total. The van der Waals surface area contributed by atoms with E-state index in [2.05, 4.69) is 36.5 Å². The first-order valence-electron chi connectivity index (χ1n) is 4.97. The molecule has 0 aliphatic carbocycles. The van der Waals surface area contributed by atoms with Crippen molar-refractivity contribution in [2.24, 2.45) is 0 Å². The highest BCUT2D eigenvalue weighted by molar-refractivity contribution is 7.17. The van der Waals surface area contributed by atoms with Gasteiger partial charge in [-0.2, -0.15) is 0 Å². The van der Waals surface area contributed by atoms with Crippen LogP contribution in [-0.4, -0.2) is 25.5 Å². The molecule has 0 unspecified atom stereocenters. The fourth-order valence-corrected chi connectivity index (χ4v) is 2.74. The molecule has 88 valence electrons. The molecule has 2 rings (SSSR count). The van der Waals surface area contributed by atoms with Crippen LogP contribution < -0.4 is 0 Å². The minimum Gasteiger partial charge on any atom is -0.309 e. The lowest BCUT2D eigenvalue weighted by atomic mass is 10.1. The monoisotopic (exact) mass is 275 g/mol. The molecule has 0 atom stereocenters. The minimum atomic E-state index is 0. The Morgan fingerprint density at radius 1 is 1.31 bits per heavy atom. The van der Waals surface area contributed by atoms with E-state index in [0.717, 1.165) is 18.0 Å². The van der Waals surface area contributed by atoms with E-state index >= 15 is 0 Å². The molecule has 0 saturated carbocycles. The van der Waals surface area contributed by atoms with E-state index in [1.165, 1.54) is 15.6 Å². The SMILES string of the molecule is CN(C)CCc1csc2ccc(Cl)cc12.Cl. The van der Waals surface area contributed by atoms with E-state index in [0.29, 0.717) is 0 Å². The summed E-state index contributed by atoms with van der Waals surface area (Å²) in [6.45, 7) is 1.08. The number of fused-ring (bicyclic) bond motifs is 1. The van der Waals surface area contributed by atoms with E-state index < -0.39 is 0 Å². The van der Waals surface area contributed by atoms with Crippen molar-refractivity contribution in [2.45, 2.75) is 6.42 Å². The lowest BCUT2D eigenvalue weighted by Crippen LogP contribution is -2.14. The summed E-state index contributed by atoms with van der Waals surface area (Å²) in [5.74, 6) is 0. The molecule has 0 aliphatic rings. The van der Waals surface area contributed by atoms with Gasteiger partial charge in [0.2, 0.25) is 0 Å². The van der Waals surface area contributed by atoms with Gasteiger partial charge in [0.25, 0.3) is 0 Å². The number of hydrogen-bond donors (Lipinski definition) is 0. The van der Waals surface area contributed by atoms with Gasteiger partial charge in [0.05, 0.1) is 0 Å². The summed E-state index contributed by atoms with van der Waals surface area (Å²) in [6.07, 6.45) is 1.09. The van der Waals surface area contributed by atoms with Gasteiger partial charge in [-0.05, 0) is 55.0 Å². The van der Waals surface area contributed by atoms with Gasteiger partial charge in [-0.1, -0.05) is 11.6 Å². The topological polar surface area (TPSA) is 3.24 Å². The van der Waals surface area contributed by atoms with Crippen LogP contribution >= 0.6 is 35.3 Å². The molecular formula is C12H15Cl2NS. The third-order valence-electron chi connectivity index (χ3n) is 2.44. The van der Waals surface area contributed by atoms with Gasteiger partial charge in [-0.15, -0.1) is 23.7 Å². The lowest BCUT2D eigenvalue weighted by Gasteiger charge is -2.08. The summed E-state index contributed by atoms with van der Waals surface area (Å²) in [6, 6.07) is 6.12. The van der Waals surface area contributed by atoms with Crippen LogP contribution in [0.25, 0.3) is 10.1 Å². The van der Waals surface area contributed by atoms with Crippen molar-refractivity contribution >= 4 is 45.4 Å². The number of rotatable bonds is 3. The number of nitrogens with zero attached hydrogens (tertiary/aromatic N) is 1. The summed E-state index contributed by atoms with van der Waals surface area (Å²) in [5.41, 5.74) is 1.41. The predicted octanol–water partition coefficient (Wildman–Crippen LogP) is 4.08. The van der Waals surface area contributed by atoms with E-state index in [9.17, 15) is 0 Å². The smallest absolute Gasteiger partial charge is 0.0413 e. The minimum absolute atomic E-state index is 0. The standard InChI is InChI=1S/C12H14ClNS.ClH/c1-14(2)6-5-9-8-15-12-4-3-10(13)7-11(9)12;/h3-4,7-8H,5-6H2,1-2H3;1H. The average Bonchev–Trinajstić information content (AvgIpc) is 2.57. The second kappa shape index (κ2) is 5.87. The normalized spacial score (nSPS) is 10.8. The molecule has 1 heterocycles. The van der Waals surface area contributed by atoms with Crippen LogP contribution in [0.2, 0.25) is 5.02 Å². The molecule has 4 heteroatoms. The highest BCUT2D eigenvalue weighted by Gasteiger charge is 2.04. The maximum absolute atomic E-state index is 6.00. The molecule has 0 aliphatic heterocycles. The average molecular weight is 276 g/mol. The molecule has 0 fully saturated rings. The fourth-order valence-electron chi connectivity index (χ4n) is 1.59. The van der Waals surface area contributed by atoms with E-state index in [1.807, 2.05) is 6.07 Å². The Morgan fingerprint density at radius 2 is 2.06 bits per heavy atom. The first-order chi connectivity index (χ1) is 7.16. The zero-order valence-electron chi connectivity index (χ0n) is 9.37. The fraction of sp³-hybridized carbons (Fsp3) is 0.333. The Balaban J connectivity index is 0.00000128. The van der Waals surface area contributed by atoms with E-state index in [1.54, 1.807) is 11.3 Å². The van der Waals surface area contributed by atoms with Gasteiger partial charge in [-0.25, -0.2) is 0 Å². The number of thiophene rings is 1. The zero-order chi connectivity index (χ0) is 10.8. The first kappa shape index (κ1) is 13.8. The molecule has 0 spiro atoms. The Morgan fingerprint density at radius 3 is 2.75 bits per heavy atom. The Labute approximate surface area is 111 Å². The Hall–Kier alpha value is -0.280. The van der Waals surface area contributed by atoms with Gasteiger partial charge < -0.3 is 4.90 Å². The maximum Gasteiger partial charge on any atom is 0.0413 e. The van der Waals surface area contributed by atoms with E-state index in [4.69, 9.17) is 11.6 Å². The lowest BCUT2D eigenvalue weighted by molar-refractivity contribution is 0.414. The van der Waals surface area contributed by atoms with Crippen molar-refractivity contribution in [2.75, 3.05) is 20.6 Å². The van der Waals surface area contributed by atoms with E-state index in [-0.39, 0.29) is 12.4 Å². The van der Waals surface area contributed by atoms with Gasteiger partial charge in [0.1, 0.15) is 0 Å². The highest BCUT2D eigenvalue weighted by Crippen LogP contribution is 2.28. The second-order valence-corrected chi connectivity index (χ2v) is 5.30. The second-order valence-electron chi connectivity index (χ2n) is 3.95. The van der Waals surface area contributed by atoms with Crippen LogP contribution in [0, 0.1) is 0 Å². The van der Waals surface area contributed by atoms with Crippen molar-refractivity contribution in [1.82, 2.24) is 4.90 Å². The summed E-state index contributed by atoms with van der Waals surface area (Å²) in [7, 11) is 4.20. The molecule has 1 aromatic heterocycles. The predicted molar refractivity (Wildman–Crippen MR) is 76.3 cm³/mol. The molecule has 1 aromatic carbocycles. The molecule has 0 saturated heterocycles. The molecule has 16 heavy (non-hydrogen) atoms. The molecule has 0 radical (unpaired) electrons. The number of hydrogen-bond acceptors (Lipinski definition) is 2. The van der Waals surface area contributed by atoms with Crippen molar-refractivity contribution in [3.63, 3.8) is 0 Å². The molecule has 0 N–H and O–H groups in total. The first-order valence-corrected chi connectivity index (χ1v) is 6.23. The third-order valence-corrected chi connectivity index (χ3v) is 3.69. The quantitative estimate of drug-likeness (QED) is 0.816. The van der Waals surface area contributed by atoms with Crippen LogP contribution in [-0.2, 0) is 6.42 Å². The van der Waals surface area contributed by atoms with Gasteiger partial charge in [-0.3, -0.25) is 0 Å². The maximum atomic E-state index is 6.00. The van der Waals surface area contributed by atoms with Crippen molar-refractivity contribution < 1.29 is 0 Å². The van der Waals surface area contributed by atoms with Crippen molar-refractivity contribution in [3.05, 3.63) is 34.2 Å².